The molecule has 0 radical (unpaired) electrons. The van der Waals surface area contributed by atoms with Crippen molar-refractivity contribution < 1.29 is 14.3 Å². The van der Waals surface area contributed by atoms with Crippen LogP contribution in [0, 0.1) is 0 Å². The molecular formula is C4H3BrO3. The lowest BCUT2D eigenvalue weighted by Gasteiger charge is -1.87. The van der Waals surface area contributed by atoms with E-state index in [9.17, 15) is 9.59 Å². The van der Waals surface area contributed by atoms with E-state index in [4.69, 9.17) is 0 Å². The molecule has 0 aliphatic heterocycles. The highest BCUT2D eigenvalue weighted by molar-refractivity contribution is 9.12. The van der Waals surface area contributed by atoms with Crippen LogP contribution in [0.5, 0.6) is 0 Å². The van der Waals surface area contributed by atoms with Crippen LogP contribution in [0.3, 0.4) is 0 Å². The van der Waals surface area contributed by atoms with Crippen LogP contribution in [0.2, 0.25) is 0 Å². The molecule has 0 heterocycles. The largest absolute Gasteiger partial charge is 0.464 e. The number of carbonyl (C=O) groups excluding carboxylic acids is 2. The van der Waals surface area contributed by atoms with Crippen molar-refractivity contribution in [2.75, 3.05) is 7.11 Å². The van der Waals surface area contributed by atoms with E-state index in [1.165, 1.54) is 13.1 Å². The van der Waals surface area contributed by atoms with Crippen LogP contribution in [-0.4, -0.2) is 19.0 Å². The van der Waals surface area contributed by atoms with Crippen LogP contribution in [0.1, 0.15) is 0 Å². The molecule has 0 unspecified atom stereocenters. The van der Waals surface area contributed by atoms with Gasteiger partial charge in [-0.25, -0.2) is 9.59 Å². The zero-order valence-corrected chi connectivity index (χ0v) is 5.69. The van der Waals surface area contributed by atoms with Crippen molar-refractivity contribution in [1.82, 2.24) is 0 Å². The summed E-state index contributed by atoms with van der Waals surface area (Å²) in [5.74, 6) is 0.616. The molecule has 0 spiro atoms. The highest BCUT2D eigenvalue weighted by Gasteiger charge is 2.03. The van der Waals surface area contributed by atoms with Gasteiger partial charge in [-0.2, -0.15) is 0 Å². The quantitative estimate of drug-likeness (QED) is 0.329. The Balaban J connectivity index is 4.04. The number of hydrogen-bond acceptors (Lipinski definition) is 3. The zero-order valence-electron chi connectivity index (χ0n) is 4.10. The molecular weight excluding hydrogens is 176 g/mol. The van der Waals surface area contributed by atoms with Crippen molar-refractivity contribution in [2.24, 2.45) is 0 Å². The molecule has 8 heavy (non-hydrogen) atoms. The monoisotopic (exact) mass is 178 g/mol. The Labute approximate surface area is 54.4 Å². The molecule has 44 valence electrons. The van der Waals surface area contributed by atoms with Gasteiger partial charge >= 0.3 is 5.97 Å². The average molecular weight is 179 g/mol. The predicted molar refractivity (Wildman–Crippen MR) is 30.1 cm³/mol. The molecule has 4 heteroatoms. The number of ether oxygens (including phenoxy) is 1. The van der Waals surface area contributed by atoms with E-state index in [0.717, 1.165) is 0 Å². The molecule has 3 nitrogen and oxygen atoms in total. The van der Waals surface area contributed by atoms with Crippen molar-refractivity contribution in [3.8, 4) is 0 Å². The van der Waals surface area contributed by atoms with Crippen molar-refractivity contribution in [3.63, 3.8) is 0 Å². The van der Waals surface area contributed by atoms with Gasteiger partial charge in [0.25, 0.3) is 0 Å². The van der Waals surface area contributed by atoms with E-state index in [2.05, 4.69) is 20.7 Å². The Kier molecular flexibility index (Phi) is 3.15. The minimum Gasteiger partial charge on any atom is -0.464 e. The Hall–Kier alpha value is -0.600. The van der Waals surface area contributed by atoms with E-state index in [0.29, 0.717) is 0 Å². The highest BCUT2D eigenvalue weighted by Crippen LogP contribution is 1.99. The van der Waals surface area contributed by atoms with Gasteiger partial charge in [-0.15, -0.1) is 0 Å². The van der Waals surface area contributed by atoms with Gasteiger partial charge in [0.05, 0.1) is 7.11 Å². The first-order valence-corrected chi connectivity index (χ1v) is 2.50. The average Bonchev–Trinajstić information content (AvgIpc) is 1.84. The van der Waals surface area contributed by atoms with Gasteiger partial charge in [-0.1, -0.05) is 0 Å². The first-order chi connectivity index (χ1) is 3.72. The van der Waals surface area contributed by atoms with Crippen molar-refractivity contribution >= 4 is 27.8 Å². The fourth-order valence-electron chi connectivity index (χ4n) is 0.131. The van der Waals surface area contributed by atoms with Gasteiger partial charge in [0.2, 0.25) is 0 Å². The molecule has 0 fully saturated rings. The molecule has 0 saturated carbocycles. The summed E-state index contributed by atoms with van der Waals surface area (Å²) in [4.78, 5) is 19.8. The molecule has 0 atom stereocenters. The molecule has 0 bridgehead atoms. The number of methoxy groups -OCH3 is 1. The summed E-state index contributed by atoms with van der Waals surface area (Å²) in [7, 11) is 1.18. The summed E-state index contributed by atoms with van der Waals surface area (Å²) in [6.07, 6.45) is 0. The molecule has 0 aromatic rings. The van der Waals surface area contributed by atoms with Crippen LogP contribution in [0.15, 0.2) is 4.48 Å². The van der Waals surface area contributed by atoms with Gasteiger partial charge in [-0.3, -0.25) is 0 Å². The Morgan fingerprint density at radius 3 is 2.38 bits per heavy atom. The predicted octanol–water partition coefficient (Wildman–Crippen LogP) is 0.270. The molecule has 0 amide bonds. The first kappa shape index (κ1) is 7.40. The highest BCUT2D eigenvalue weighted by atomic mass is 79.9. The van der Waals surface area contributed by atoms with Crippen molar-refractivity contribution in [3.05, 3.63) is 4.48 Å². The normalized spacial score (nSPS) is 7.25. The molecule has 0 rings (SSSR count). The maximum absolute atomic E-state index is 10.2. The van der Waals surface area contributed by atoms with Crippen LogP contribution < -0.4 is 0 Å². The number of esters is 1. The minimum atomic E-state index is -0.708. The van der Waals surface area contributed by atoms with Crippen LogP contribution >= 0.6 is 15.9 Å². The number of halogens is 1. The van der Waals surface area contributed by atoms with Gasteiger partial charge in [-0.05, 0) is 15.9 Å². The second-order valence-corrected chi connectivity index (χ2v) is 1.70. The summed E-state index contributed by atoms with van der Waals surface area (Å²) in [5, 5.41) is 0. The van der Waals surface area contributed by atoms with Gasteiger partial charge in [0, 0.05) is 0 Å². The topological polar surface area (TPSA) is 43.4 Å². The Morgan fingerprint density at radius 1 is 1.75 bits per heavy atom. The Morgan fingerprint density at radius 2 is 2.25 bits per heavy atom. The summed E-state index contributed by atoms with van der Waals surface area (Å²) in [6.45, 7) is 0. The fourth-order valence-corrected chi connectivity index (χ4v) is 0.293. The van der Waals surface area contributed by atoms with E-state index < -0.39 is 5.97 Å². The molecule has 0 aromatic carbocycles. The van der Waals surface area contributed by atoms with Gasteiger partial charge < -0.3 is 4.74 Å². The molecule has 0 aliphatic rings. The summed E-state index contributed by atoms with van der Waals surface area (Å²) < 4.78 is 3.90. The third-order valence-corrected chi connectivity index (χ3v) is 0.940. The van der Waals surface area contributed by atoms with Crippen LogP contribution in [0.25, 0.3) is 0 Å². The van der Waals surface area contributed by atoms with Gasteiger partial charge in [0.1, 0.15) is 5.94 Å². The number of carbonyl (C=O) groups is 1. The second-order valence-electron chi connectivity index (χ2n) is 0.908. The standard InChI is InChI=1S/C4H3BrO3/c1-8-4(7)3(5)2-6/h1H3. The molecule has 0 aromatic heterocycles. The maximum atomic E-state index is 10.2. The molecule has 0 aliphatic carbocycles. The number of hydrogen-bond donors (Lipinski definition) is 0. The lowest BCUT2D eigenvalue weighted by atomic mass is 10.7. The van der Waals surface area contributed by atoms with E-state index in [1.54, 1.807) is 0 Å². The van der Waals surface area contributed by atoms with Gasteiger partial charge in [0.15, 0.2) is 4.48 Å². The maximum Gasteiger partial charge on any atom is 0.356 e. The summed E-state index contributed by atoms with van der Waals surface area (Å²) >= 11 is 2.62. The van der Waals surface area contributed by atoms with Crippen molar-refractivity contribution in [2.45, 2.75) is 0 Å². The fraction of sp³-hybridized carbons (Fsp3) is 0.250. The van der Waals surface area contributed by atoms with E-state index >= 15 is 0 Å². The second kappa shape index (κ2) is 3.41. The molecule has 0 saturated heterocycles. The van der Waals surface area contributed by atoms with Crippen molar-refractivity contribution in [1.29, 1.82) is 0 Å². The van der Waals surface area contributed by atoms with Crippen LogP contribution in [0.4, 0.5) is 0 Å². The third kappa shape index (κ3) is 1.91. The minimum absolute atomic E-state index is 0.222. The van der Waals surface area contributed by atoms with E-state index in [1.807, 2.05) is 0 Å². The number of rotatable bonds is 1. The summed E-state index contributed by atoms with van der Waals surface area (Å²) in [6, 6.07) is 0. The Bertz CT molecular complexity index is 145. The molecule has 0 N–H and O–H groups in total. The SMILES string of the molecule is COC(=O)C(Br)=C=O. The lowest BCUT2D eigenvalue weighted by molar-refractivity contribution is -0.135. The lowest BCUT2D eigenvalue weighted by Crippen LogP contribution is -1.98. The first-order valence-electron chi connectivity index (χ1n) is 1.71. The zero-order chi connectivity index (χ0) is 6.57. The third-order valence-electron chi connectivity index (χ3n) is 0.454. The summed E-state index contributed by atoms with van der Waals surface area (Å²) in [5.41, 5.74) is 0. The smallest absolute Gasteiger partial charge is 0.356 e. The van der Waals surface area contributed by atoms with Crippen LogP contribution in [-0.2, 0) is 14.3 Å². The van der Waals surface area contributed by atoms with E-state index in [-0.39, 0.29) is 4.48 Å².